The highest BCUT2D eigenvalue weighted by molar-refractivity contribution is 5.15. The van der Waals surface area contributed by atoms with Crippen molar-refractivity contribution in [3.63, 3.8) is 0 Å². The molecule has 96 valence electrons. The van der Waals surface area contributed by atoms with E-state index in [2.05, 4.69) is 39.0 Å². The number of nitrogens with zero attached hydrogens (tertiary/aromatic N) is 3. The summed E-state index contributed by atoms with van der Waals surface area (Å²) in [4.78, 5) is 4.48. The molecule has 5 heteroatoms. The van der Waals surface area contributed by atoms with Crippen LogP contribution in [0.15, 0.2) is 18.6 Å². The highest BCUT2D eigenvalue weighted by Crippen LogP contribution is 2.40. The Kier molecular flexibility index (Phi) is 2.91. The third-order valence-corrected chi connectivity index (χ3v) is 3.68. The lowest BCUT2D eigenvalue weighted by atomic mass is 10.1. The second-order valence-corrected chi connectivity index (χ2v) is 5.11. The van der Waals surface area contributed by atoms with Crippen LogP contribution >= 0.6 is 0 Å². The van der Waals surface area contributed by atoms with Crippen LogP contribution in [0, 0.1) is 12.8 Å². The molecule has 2 aromatic heterocycles. The minimum absolute atomic E-state index is 0.360. The first-order chi connectivity index (χ1) is 8.75. The van der Waals surface area contributed by atoms with Crippen molar-refractivity contribution in [2.24, 2.45) is 13.0 Å². The Balaban J connectivity index is 1.72. The minimum atomic E-state index is 0.360. The maximum Gasteiger partial charge on any atom is 0.125 e. The molecule has 2 N–H and O–H groups in total. The van der Waals surface area contributed by atoms with Crippen molar-refractivity contribution in [1.82, 2.24) is 25.1 Å². The number of aryl methyl sites for hydroxylation is 2. The average Bonchev–Trinajstić information content (AvgIpc) is 2.98. The van der Waals surface area contributed by atoms with Gasteiger partial charge in [0.25, 0.3) is 0 Å². The summed E-state index contributed by atoms with van der Waals surface area (Å²) in [5.41, 5.74) is 2.37. The predicted molar refractivity (Wildman–Crippen MR) is 68.8 cm³/mol. The van der Waals surface area contributed by atoms with Gasteiger partial charge in [0, 0.05) is 37.2 Å². The molecule has 0 radical (unpaired) electrons. The van der Waals surface area contributed by atoms with Crippen LogP contribution in [0.5, 0.6) is 0 Å². The molecule has 1 saturated carbocycles. The van der Waals surface area contributed by atoms with E-state index in [4.69, 9.17) is 0 Å². The van der Waals surface area contributed by atoms with Crippen molar-refractivity contribution in [3.8, 4) is 0 Å². The Labute approximate surface area is 107 Å². The fourth-order valence-corrected chi connectivity index (χ4v) is 2.35. The zero-order chi connectivity index (χ0) is 12.5. The molecule has 0 bridgehead atoms. The number of nitrogens with one attached hydrogen (secondary N) is 2. The van der Waals surface area contributed by atoms with Gasteiger partial charge in [0.1, 0.15) is 5.82 Å². The second-order valence-electron chi connectivity index (χ2n) is 5.11. The van der Waals surface area contributed by atoms with Crippen molar-refractivity contribution in [2.45, 2.75) is 32.4 Å². The van der Waals surface area contributed by atoms with Gasteiger partial charge in [0.05, 0.1) is 12.2 Å². The van der Waals surface area contributed by atoms with Crippen molar-refractivity contribution in [1.29, 1.82) is 0 Å². The predicted octanol–water partition coefficient (Wildman–Crippen LogP) is 1.69. The van der Waals surface area contributed by atoms with Crippen LogP contribution in [0.3, 0.4) is 0 Å². The van der Waals surface area contributed by atoms with E-state index in [0.29, 0.717) is 6.04 Å². The maximum absolute atomic E-state index is 4.48. The van der Waals surface area contributed by atoms with Gasteiger partial charge in [-0.1, -0.05) is 0 Å². The van der Waals surface area contributed by atoms with Crippen molar-refractivity contribution >= 4 is 0 Å². The Morgan fingerprint density at radius 1 is 1.56 bits per heavy atom. The topological polar surface area (TPSA) is 58.5 Å². The lowest BCUT2D eigenvalue weighted by molar-refractivity contribution is 0.446. The smallest absolute Gasteiger partial charge is 0.125 e. The standard InChI is InChI=1S/C13H19N5/c1-9-11(8-16-17-9)7-15-12(10-3-4-10)13-14-5-6-18(13)2/h5-6,8,10,12,15H,3-4,7H2,1-2H3,(H,16,17)/t12-/m0/s1. The van der Waals surface area contributed by atoms with Crippen molar-refractivity contribution in [2.75, 3.05) is 0 Å². The van der Waals surface area contributed by atoms with E-state index in [1.807, 2.05) is 18.6 Å². The zero-order valence-corrected chi connectivity index (χ0v) is 10.8. The van der Waals surface area contributed by atoms with Crippen molar-refractivity contribution in [3.05, 3.63) is 35.7 Å². The van der Waals surface area contributed by atoms with Crippen LogP contribution < -0.4 is 5.32 Å². The first-order valence-corrected chi connectivity index (χ1v) is 6.45. The monoisotopic (exact) mass is 245 g/mol. The van der Waals surface area contributed by atoms with E-state index in [-0.39, 0.29) is 0 Å². The molecule has 1 aliphatic carbocycles. The third-order valence-electron chi connectivity index (χ3n) is 3.68. The van der Waals surface area contributed by atoms with Gasteiger partial charge in [-0.15, -0.1) is 0 Å². The number of aromatic amines is 1. The van der Waals surface area contributed by atoms with Crippen LogP contribution in [0.25, 0.3) is 0 Å². The number of rotatable bonds is 5. The van der Waals surface area contributed by atoms with Crippen LogP contribution in [-0.4, -0.2) is 19.7 Å². The molecule has 0 aliphatic heterocycles. The molecule has 0 amide bonds. The number of aromatic nitrogens is 4. The molecular formula is C13H19N5. The van der Waals surface area contributed by atoms with Crippen LogP contribution in [0.2, 0.25) is 0 Å². The van der Waals surface area contributed by atoms with E-state index in [1.165, 1.54) is 18.4 Å². The molecule has 18 heavy (non-hydrogen) atoms. The molecular weight excluding hydrogens is 226 g/mol. The highest BCUT2D eigenvalue weighted by atomic mass is 15.1. The van der Waals surface area contributed by atoms with E-state index in [1.54, 1.807) is 0 Å². The van der Waals surface area contributed by atoms with Gasteiger partial charge in [-0.3, -0.25) is 5.10 Å². The van der Waals surface area contributed by atoms with Gasteiger partial charge < -0.3 is 9.88 Å². The molecule has 2 aromatic rings. The van der Waals surface area contributed by atoms with Gasteiger partial charge in [-0.05, 0) is 25.7 Å². The molecule has 1 aliphatic rings. The molecule has 5 nitrogen and oxygen atoms in total. The highest BCUT2D eigenvalue weighted by Gasteiger charge is 2.34. The first kappa shape index (κ1) is 11.5. The Bertz CT molecular complexity index is 523. The summed E-state index contributed by atoms with van der Waals surface area (Å²) in [5.74, 6) is 1.87. The summed E-state index contributed by atoms with van der Waals surface area (Å²) in [7, 11) is 2.06. The van der Waals surface area contributed by atoms with Gasteiger partial charge >= 0.3 is 0 Å². The Morgan fingerprint density at radius 3 is 2.94 bits per heavy atom. The van der Waals surface area contributed by atoms with E-state index >= 15 is 0 Å². The number of hydrogen-bond donors (Lipinski definition) is 2. The molecule has 0 saturated heterocycles. The fraction of sp³-hybridized carbons (Fsp3) is 0.538. The molecule has 1 fully saturated rings. The minimum Gasteiger partial charge on any atom is -0.337 e. The second kappa shape index (κ2) is 4.57. The number of imidazole rings is 1. The van der Waals surface area contributed by atoms with E-state index in [9.17, 15) is 0 Å². The quantitative estimate of drug-likeness (QED) is 0.842. The number of hydrogen-bond acceptors (Lipinski definition) is 3. The SMILES string of the molecule is Cc1[nH]ncc1CN[C@H](c1nccn1C)C1CC1. The van der Waals surface area contributed by atoms with Crippen LogP contribution in [0.1, 0.15) is 36.0 Å². The average molecular weight is 245 g/mol. The molecule has 0 unspecified atom stereocenters. The van der Waals surface area contributed by atoms with Crippen LogP contribution in [0.4, 0.5) is 0 Å². The van der Waals surface area contributed by atoms with E-state index < -0.39 is 0 Å². The fourth-order valence-electron chi connectivity index (χ4n) is 2.35. The van der Waals surface area contributed by atoms with Gasteiger partial charge in [0.2, 0.25) is 0 Å². The van der Waals surface area contributed by atoms with Crippen LogP contribution in [-0.2, 0) is 13.6 Å². The Morgan fingerprint density at radius 2 is 2.39 bits per heavy atom. The lowest BCUT2D eigenvalue weighted by Crippen LogP contribution is -2.25. The molecule has 0 spiro atoms. The largest absolute Gasteiger partial charge is 0.337 e. The molecule has 2 heterocycles. The summed E-state index contributed by atoms with van der Waals surface area (Å²) in [6.45, 7) is 2.90. The summed E-state index contributed by atoms with van der Waals surface area (Å²) in [6.07, 6.45) is 8.37. The van der Waals surface area contributed by atoms with Gasteiger partial charge in [-0.2, -0.15) is 5.10 Å². The molecule has 3 rings (SSSR count). The molecule has 0 aromatic carbocycles. The molecule has 1 atom stereocenters. The normalized spacial score (nSPS) is 17.0. The van der Waals surface area contributed by atoms with Gasteiger partial charge in [0.15, 0.2) is 0 Å². The number of H-pyrrole nitrogens is 1. The first-order valence-electron chi connectivity index (χ1n) is 6.45. The van der Waals surface area contributed by atoms with Gasteiger partial charge in [-0.25, -0.2) is 4.98 Å². The lowest BCUT2D eigenvalue weighted by Gasteiger charge is -2.17. The Hall–Kier alpha value is -1.62. The van der Waals surface area contributed by atoms with Crippen molar-refractivity contribution < 1.29 is 0 Å². The maximum atomic E-state index is 4.48. The summed E-state index contributed by atoms with van der Waals surface area (Å²) in [6, 6.07) is 0.360. The summed E-state index contributed by atoms with van der Waals surface area (Å²) in [5, 5.41) is 10.7. The summed E-state index contributed by atoms with van der Waals surface area (Å²) >= 11 is 0. The van der Waals surface area contributed by atoms with E-state index in [0.717, 1.165) is 24.0 Å². The third kappa shape index (κ3) is 2.18. The zero-order valence-electron chi connectivity index (χ0n) is 10.8. The summed E-state index contributed by atoms with van der Waals surface area (Å²) < 4.78 is 2.11.